The Morgan fingerprint density at radius 3 is 1.83 bits per heavy atom. The van der Waals surface area contributed by atoms with Crippen molar-refractivity contribution in [2.75, 3.05) is 32.4 Å². The van der Waals surface area contributed by atoms with Crippen LogP contribution in [0.15, 0.2) is 30.3 Å². The molecule has 6 heteroatoms. The summed E-state index contributed by atoms with van der Waals surface area (Å²) in [4.78, 5) is 0. The molecule has 0 bridgehead atoms. The summed E-state index contributed by atoms with van der Waals surface area (Å²) in [5, 5.41) is 0.279. The molecule has 0 unspecified atom stereocenters. The SMILES string of the molecule is CO[Si](CCCN(c1ccccc1)[Si](C)(C)C(C)(C)C)(OC)OC. The smallest absolute Gasteiger partial charge is 0.397 e. The molecule has 1 rings (SSSR count). The molecule has 0 aliphatic rings. The summed E-state index contributed by atoms with van der Waals surface area (Å²) in [6.45, 7) is 13.0. The van der Waals surface area contributed by atoms with Crippen molar-refractivity contribution in [3.05, 3.63) is 30.3 Å². The highest BCUT2D eigenvalue weighted by molar-refractivity contribution is 6.83. The monoisotopic (exact) mass is 369 g/mol. The van der Waals surface area contributed by atoms with E-state index in [1.807, 2.05) is 0 Å². The summed E-state index contributed by atoms with van der Waals surface area (Å²) < 4.78 is 19.3. The predicted octanol–water partition coefficient (Wildman–Crippen LogP) is 4.77. The molecule has 4 nitrogen and oxygen atoms in total. The molecule has 0 N–H and O–H groups in total. The first-order valence-corrected chi connectivity index (χ1v) is 13.5. The molecule has 0 saturated carbocycles. The van der Waals surface area contributed by atoms with E-state index in [9.17, 15) is 0 Å². The third kappa shape index (κ3) is 4.92. The number of benzene rings is 1. The molecule has 0 radical (unpaired) electrons. The molecule has 0 aromatic heterocycles. The molecule has 0 saturated heterocycles. The molecule has 0 aliphatic carbocycles. The maximum atomic E-state index is 5.56. The fraction of sp³-hybridized carbons (Fsp3) is 0.667. The molecule has 138 valence electrons. The van der Waals surface area contributed by atoms with Gasteiger partial charge in [0.05, 0.1) is 0 Å². The van der Waals surface area contributed by atoms with E-state index in [1.54, 1.807) is 21.3 Å². The highest BCUT2D eigenvalue weighted by Crippen LogP contribution is 2.40. The van der Waals surface area contributed by atoms with Crippen LogP contribution >= 0.6 is 0 Å². The van der Waals surface area contributed by atoms with Gasteiger partial charge in [-0.3, -0.25) is 0 Å². The standard InChI is InChI=1S/C18H35NO3Si2/c1-18(2,3)23(7,8)19(17-13-10-9-11-14-17)15-12-16-24(20-4,21-5)22-6/h9-11,13-14H,12,15-16H2,1-8H3. The van der Waals surface area contributed by atoms with Crippen LogP contribution in [-0.2, 0) is 13.3 Å². The Bertz CT molecular complexity index is 477. The average molecular weight is 370 g/mol. The Balaban J connectivity index is 2.97. The zero-order valence-electron chi connectivity index (χ0n) is 16.7. The van der Waals surface area contributed by atoms with Crippen molar-refractivity contribution in [2.45, 2.75) is 51.4 Å². The average Bonchev–Trinajstić information content (AvgIpc) is 2.55. The van der Waals surface area contributed by atoms with Crippen molar-refractivity contribution < 1.29 is 13.3 Å². The molecule has 24 heavy (non-hydrogen) atoms. The molecule has 1 aromatic carbocycles. The number of hydrogen-bond donors (Lipinski definition) is 0. The van der Waals surface area contributed by atoms with Crippen LogP contribution in [0.1, 0.15) is 27.2 Å². The van der Waals surface area contributed by atoms with Crippen LogP contribution in [-0.4, -0.2) is 44.9 Å². The number of anilines is 1. The van der Waals surface area contributed by atoms with Crippen molar-refractivity contribution in [1.29, 1.82) is 0 Å². The highest BCUT2D eigenvalue weighted by Gasteiger charge is 2.42. The first kappa shape index (κ1) is 21.4. The second-order valence-corrected chi connectivity index (χ2v) is 15.9. The lowest BCUT2D eigenvalue weighted by atomic mass is 10.2. The van der Waals surface area contributed by atoms with Crippen LogP contribution in [0, 0.1) is 0 Å². The highest BCUT2D eigenvalue weighted by atomic mass is 28.4. The minimum atomic E-state index is -2.50. The van der Waals surface area contributed by atoms with Gasteiger partial charge in [-0.05, 0) is 23.6 Å². The molecule has 0 amide bonds. The minimum Gasteiger partial charge on any atom is -0.397 e. The van der Waals surface area contributed by atoms with Gasteiger partial charge in [0, 0.05) is 39.6 Å². The van der Waals surface area contributed by atoms with Gasteiger partial charge in [0.1, 0.15) is 0 Å². The maximum absolute atomic E-state index is 5.56. The van der Waals surface area contributed by atoms with Gasteiger partial charge >= 0.3 is 8.80 Å². The quantitative estimate of drug-likeness (QED) is 0.587. The second kappa shape index (κ2) is 8.62. The van der Waals surface area contributed by atoms with E-state index in [-0.39, 0.29) is 5.04 Å². The molecule has 0 heterocycles. The van der Waals surface area contributed by atoms with E-state index in [4.69, 9.17) is 13.3 Å². The van der Waals surface area contributed by atoms with E-state index in [0.29, 0.717) is 0 Å². The van der Waals surface area contributed by atoms with Crippen LogP contribution in [0.4, 0.5) is 5.69 Å². The van der Waals surface area contributed by atoms with Crippen LogP contribution in [0.25, 0.3) is 0 Å². The predicted molar refractivity (Wildman–Crippen MR) is 107 cm³/mol. The lowest BCUT2D eigenvalue weighted by Crippen LogP contribution is -2.56. The summed E-state index contributed by atoms with van der Waals surface area (Å²) in [6, 6.07) is 11.6. The van der Waals surface area contributed by atoms with Gasteiger partial charge in [-0.1, -0.05) is 52.1 Å². The van der Waals surface area contributed by atoms with Crippen molar-refractivity contribution in [3.8, 4) is 0 Å². The summed E-state index contributed by atoms with van der Waals surface area (Å²) in [7, 11) is 0.871. The molecular formula is C18H35NO3Si2. The van der Waals surface area contributed by atoms with Crippen LogP contribution in [0.5, 0.6) is 0 Å². The number of rotatable bonds is 9. The van der Waals surface area contributed by atoms with Gasteiger partial charge in [-0.25, -0.2) is 0 Å². The molecule has 0 spiro atoms. The van der Waals surface area contributed by atoms with E-state index < -0.39 is 17.0 Å². The van der Waals surface area contributed by atoms with Gasteiger partial charge in [0.2, 0.25) is 0 Å². The Morgan fingerprint density at radius 2 is 1.42 bits per heavy atom. The third-order valence-electron chi connectivity index (χ3n) is 5.38. The van der Waals surface area contributed by atoms with Gasteiger partial charge < -0.3 is 17.8 Å². The maximum Gasteiger partial charge on any atom is 0.500 e. The number of para-hydroxylation sites is 1. The topological polar surface area (TPSA) is 30.9 Å². The van der Waals surface area contributed by atoms with Crippen LogP contribution in [0.3, 0.4) is 0 Å². The fourth-order valence-electron chi connectivity index (χ4n) is 2.75. The minimum absolute atomic E-state index is 0.279. The zero-order valence-corrected chi connectivity index (χ0v) is 18.7. The van der Waals surface area contributed by atoms with Gasteiger partial charge in [0.15, 0.2) is 8.24 Å². The fourth-order valence-corrected chi connectivity index (χ4v) is 6.78. The normalized spacial score (nSPS) is 13.2. The third-order valence-corrected chi connectivity index (χ3v) is 13.7. The van der Waals surface area contributed by atoms with Crippen molar-refractivity contribution in [2.24, 2.45) is 0 Å². The van der Waals surface area contributed by atoms with Crippen LogP contribution < -0.4 is 4.57 Å². The molecule has 0 fully saturated rings. The molecule has 0 atom stereocenters. The van der Waals surface area contributed by atoms with E-state index in [1.165, 1.54) is 5.69 Å². The summed E-state index contributed by atoms with van der Waals surface area (Å²) in [6.07, 6.45) is 0.989. The first-order chi connectivity index (χ1) is 11.1. The first-order valence-electron chi connectivity index (χ1n) is 8.61. The van der Waals surface area contributed by atoms with Crippen molar-refractivity contribution in [1.82, 2.24) is 0 Å². The summed E-state index contributed by atoms with van der Waals surface area (Å²) >= 11 is 0. The number of nitrogens with zero attached hydrogens (tertiary/aromatic N) is 1. The number of hydrogen-bond acceptors (Lipinski definition) is 4. The lowest BCUT2D eigenvalue weighted by molar-refractivity contribution is 0.123. The Morgan fingerprint density at radius 1 is 0.917 bits per heavy atom. The Labute approximate surface area is 150 Å². The van der Waals surface area contributed by atoms with Crippen molar-refractivity contribution in [3.63, 3.8) is 0 Å². The van der Waals surface area contributed by atoms with Crippen molar-refractivity contribution >= 4 is 22.7 Å². The van der Waals surface area contributed by atoms with Gasteiger partial charge in [0.25, 0.3) is 0 Å². The molecule has 0 aliphatic heterocycles. The zero-order chi connectivity index (χ0) is 18.4. The molecule has 1 aromatic rings. The Kier molecular flexibility index (Phi) is 7.68. The lowest BCUT2D eigenvalue weighted by Gasteiger charge is -2.47. The van der Waals surface area contributed by atoms with E-state index in [2.05, 4.69) is 68.8 Å². The summed E-state index contributed by atoms with van der Waals surface area (Å²) in [5.41, 5.74) is 1.31. The largest absolute Gasteiger partial charge is 0.500 e. The Hall–Kier alpha value is -0.666. The summed E-state index contributed by atoms with van der Waals surface area (Å²) in [5.74, 6) is 0. The van der Waals surface area contributed by atoms with Gasteiger partial charge in [-0.2, -0.15) is 0 Å². The van der Waals surface area contributed by atoms with Gasteiger partial charge in [-0.15, -0.1) is 0 Å². The van der Waals surface area contributed by atoms with E-state index in [0.717, 1.165) is 19.0 Å². The van der Waals surface area contributed by atoms with E-state index >= 15 is 0 Å². The molecular weight excluding hydrogens is 334 g/mol. The van der Waals surface area contributed by atoms with Crippen LogP contribution in [0.2, 0.25) is 24.2 Å². The second-order valence-electron chi connectivity index (χ2n) is 7.70.